The topological polar surface area (TPSA) is 68.9 Å². The number of carbonyl (C=O) groups is 1. The first kappa shape index (κ1) is 13.5. The normalized spacial score (nSPS) is 10.6. The largest absolute Gasteiger partial charge is 0.351 e. The molecule has 0 aliphatic heterocycles. The van der Waals surface area contributed by atoms with Crippen molar-refractivity contribution in [2.24, 2.45) is 7.05 Å². The smallest absolute Gasteiger partial charge is 0.307 e. The van der Waals surface area contributed by atoms with Gasteiger partial charge in [-0.05, 0) is 13.3 Å². The molecule has 1 amide bonds. The number of amides is 1. The summed E-state index contributed by atoms with van der Waals surface area (Å²) in [6, 6.07) is 0. The number of nitrogens with zero attached hydrogens (tertiary/aromatic N) is 3. The number of rotatable bonds is 5. The summed E-state index contributed by atoms with van der Waals surface area (Å²) in [5.74, 6) is -0.175. The molecule has 2 aromatic heterocycles. The molecule has 2 aromatic rings. The lowest BCUT2D eigenvalue weighted by Gasteiger charge is -2.05. The van der Waals surface area contributed by atoms with Gasteiger partial charge in [0.05, 0.1) is 6.33 Å². The molecule has 0 aliphatic carbocycles. The summed E-state index contributed by atoms with van der Waals surface area (Å²) in [5, 5.41) is 2.83. The Hall–Kier alpha value is -1.89. The fourth-order valence-electron chi connectivity index (χ4n) is 1.69. The molecule has 0 aliphatic rings. The van der Waals surface area contributed by atoms with E-state index in [0.717, 1.165) is 24.3 Å². The minimum Gasteiger partial charge on any atom is -0.351 e. The highest BCUT2D eigenvalue weighted by atomic mass is 32.1. The SMILES string of the molecule is Cc1c(C(=O)NCCCn2ccnc2)sc(=O)n1C. The third-order valence-corrected chi connectivity index (χ3v) is 4.07. The Labute approximate surface area is 114 Å². The van der Waals surface area contributed by atoms with Crippen LogP contribution in [0.4, 0.5) is 0 Å². The summed E-state index contributed by atoms with van der Waals surface area (Å²) in [6.07, 6.45) is 6.18. The van der Waals surface area contributed by atoms with E-state index in [-0.39, 0.29) is 10.8 Å². The van der Waals surface area contributed by atoms with Crippen LogP contribution in [0, 0.1) is 6.92 Å². The number of thiazole rings is 1. The summed E-state index contributed by atoms with van der Waals surface area (Å²) in [6.45, 7) is 3.16. The van der Waals surface area contributed by atoms with E-state index in [0.29, 0.717) is 17.1 Å². The van der Waals surface area contributed by atoms with E-state index < -0.39 is 0 Å². The zero-order chi connectivity index (χ0) is 13.8. The number of nitrogens with one attached hydrogen (secondary N) is 1. The molecule has 2 rings (SSSR count). The first-order valence-electron chi connectivity index (χ1n) is 6.00. The molecule has 0 aromatic carbocycles. The molecule has 0 saturated heterocycles. The van der Waals surface area contributed by atoms with Gasteiger partial charge in [-0.25, -0.2) is 4.98 Å². The molecule has 0 unspecified atom stereocenters. The predicted molar refractivity (Wildman–Crippen MR) is 73.5 cm³/mol. The number of aromatic nitrogens is 3. The van der Waals surface area contributed by atoms with E-state index in [9.17, 15) is 9.59 Å². The van der Waals surface area contributed by atoms with E-state index in [4.69, 9.17) is 0 Å². The Morgan fingerprint density at radius 2 is 2.32 bits per heavy atom. The van der Waals surface area contributed by atoms with Gasteiger partial charge in [0.1, 0.15) is 4.88 Å². The van der Waals surface area contributed by atoms with E-state index in [2.05, 4.69) is 10.3 Å². The summed E-state index contributed by atoms with van der Waals surface area (Å²) < 4.78 is 3.45. The lowest BCUT2D eigenvalue weighted by Crippen LogP contribution is -2.25. The van der Waals surface area contributed by atoms with Crippen LogP contribution in [-0.4, -0.2) is 26.6 Å². The van der Waals surface area contributed by atoms with Crippen LogP contribution in [0.5, 0.6) is 0 Å². The van der Waals surface area contributed by atoms with Crippen LogP contribution in [0.1, 0.15) is 21.8 Å². The van der Waals surface area contributed by atoms with Crippen molar-refractivity contribution in [3.63, 3.8) is 0 Å². The van der Waals surface area contributed by atoms with Gasteiger partial charge in [-0.2, -0.15) is 0 Å². The van der Waals surface area contributed by atoms with Crippen LogP contribution >= 0.6 is 11.3 Å². The van der Waals surface area contributed by atoms with Crippen LogP contribution in [-0.2, 0) is 13.6 Å². The van der Waals surface area contributed by atoms with Crippen LogP contribution < -0.4 is 10.2 Å². The predicted octanol–water partition coefficient (Wildman–Crippen LogP) is 0.772. The molecule has 0 fully saturated rings. The Kier molecular flexibility index (Phi) is 4.16. The number of hydrogen-bond donors (Lipinski definition) is 1. The van der Waals surface area contributed by atoms with Crippen molar-refractivity contribution in [3.8, 4) is 0 Å². The molecule has 6 nitrogen and oxygen atoms in total. The van der Waals surface area contributed by atoms with Gasteiger partial charge in [0.15, 0.2) is 0 Å². The van der Waals surface area contributed by atoms with Gasteiger partial charge in [0, 0.05) is 38.2 Å². The van der Waals surface area contributed by atoms with Crippen molar-refractivity contribution in [1.82, 2.24) is 19.4 Å². The van der Waals surface area contributed by atoms with Gasteiger partial charge < -0.3 is 14.5 Å². The zero-order valence-corrected chi connectivity index (χ0v) is 11.7. The summed E-state index contributed by atoms with van der Waals surface area (Å²) >= 11 is 0.985. The molecule has 0 spiro atoms. The van der Waals surface area contributed by atoms with Crippen LogP contribution in [0.3, 0.4) is 0 Å². The molecule has 0 saturated carbocycles. The monoisotopic (exact) mass is 280 g/mol. The second-order valence-electron chi connectivity index (χ2n) is 4.25. The van der Waals surface area contributed by atoms with Crippen molar-refractivity contribution < 1.29 is 4.79 Å². The highest BCUT2D eigenvalue weighted by Crippen LogP contribution is 2.09. The van der Waals surface area contributed by atoms with E-state index >= 15 is 0 Å². The number of carbonyl (C=O) groups excluding carboxylic acids is 1. The number of imidazole rings is 1. The first-order chi connectivity index (χ1) is 9.09. The highest BCUT2D eigenvalue weighted by Gasteiger charge is 2.14. The van der Waals surface area contributed by atoms with Gasteiger partial charge in [-0.3, -0.25) is 9.59 Å². The summed E-state index contributed by atoms with van der Waals surface area (Å²) in [7, 11) is 1.67. The second kappa shape index (κ2) is 5.83. The highest BCUT2D eigenvalue weighted by molar-refractivity contribution is 7.11. The Bertz CT molecular complexity index is 612. The molecule has 2 heterocycles. The van der Waals surface area contributed by atoms with Crippen molar-refractivity contribution in [2.75, 3.05) is 6.54 Å². The molecule has 19 heavy (non-hydrogen) atoms. The Morgan fingerprint density at radius 1 is 1.53 bits per heavy atom. The van der Waals surface area contributed by atoms with Gasteiger partial charge in [-0.1, -0.05) is 11.3 Å². The maximum Gasteiger partial charge on any atom is 0.307 e. The Balaban J connectivity index is 1.84. The lowest BCUT2D eigenvalue weighted by atomic mass is 10.3. The maximum absolute atomic E-state index is 11.9. The number of aryl methyl sites for hydroxylation is 1. The molecular weight excluding hydrogens is 264 g/mol. The number of hydrogen-bond acceptors (Lipinski definition) is 4. The standard InChI is InChI=1S/C12H16N4O2S/c1-9-10(19-12(18)15(9)2)11(17)14-4-3-6-16-7-5-13-8-16/h5,7-8H,3-4,6H2,1-2H3,(H,14,17). The van der Waals surface area contributed by atoms with E-state index in [1.165, 1.54) is 4.57 Å². The average molecular weight is 280 g/mol. The van der Waals surface area contributed by atoms with Gasteiger partial charge in [0.25, 0.3) is 5.91 Å². The van der Waals surface area contributed by atoms with Crippen molar-refractivity contribution in [3.05, 3.63) is 39.0 Å². The van der Waals surface area contributed by atoms with Crippen LogP contribution in [0.15, 0.2) is 23.5 Å². The maximum atomic E-state index is 11.9. The lowest BCUT2D eigenvalue weighted by molar-refractivity contribution is 0.0955. The fraction of sp³-hybridized carbons (Fsp3) is 0.417. The van der Waals surface area contributed by atoms with Crippen molar-refractivity contribution in [2.45, 2.75) is 19.9 Å². The van der Waals surface area contributed by atoms with E-state index in [1.54, 1.807) is 26.5 Å². The molecular formula is C12H16N4O2S. The van der Waals surface area contributed by atoms with Crippen LogP contribution in [0.25, 0.3) is 0 Å². The summed E-state index contributed by atoms with van der Waals surface area (Å²) in [5.41, 5.74) is 0.710. The summed E-state index contributed by atoms with van der Waals surface area (Å²) in [4.78, 5) is 27.7. The second-order valence-corrected chi connectivity index (χ2v) is 5.21. The van der Waals surface area contributed by atoms with Crippen molar-refractivity contribution in [1.29, 1.82) is 0 Å². The van der Waals surface area contributed by atoms with Gasteiger partial charge >= 0.3 is 4.87 Å². The Morgan fingerprint density at radius 3 is 2.89 bits per heavy atom. The van der Waals surface area contributed by atoms with Crippen molar-refractivity contribution >= 4 is 17.2 Å². The van der Waals surface area contributed by atoms with Gasteiger partial charge in [-0.15, -0.1) is 0 Å². The minimum atomic E-state index is -0.175. The molecule has 7 heteroatoms. The molecule has 0 atom stereocenters. The fourth-order valence-corrected chi connectivity index (χ4v) is 2.59. The third-order valence-electron chi connectivity index (χ3n) is 2.94. The zero-order valence-electron chi connectivity index (χ0n) is 10.9. The van der Waals surface area contributed by atoms with Crippen LogP contribution in [0.2, 0.25) is 0 Å². The quantitative estimate of drug-likeness (QED) is 0.823. The molecule has 0 bridgehead atoms. The van der Waals surface area contributed by atoms with Gasteiger partial charge in [0.2, 0.25) is 0 Å². The molecule has 102 valence electrons. The van der Waals surface area contributed by atoms with E-state index in [1.807, 2.05) is 10.8 Å². The minimum absolute atomic E-state index is 0.110. The average Bonchev–Trinajstić information content (AvgIpc) is 2.99. The third kappa shape index (κ3) is 3.11. The molecule has 0 radical (unpaired) electrons. The first-order valence-corrected chi connectivity index (χ1v) is 6.81. The molecule has 1 N–H and O–H groups in total.